The molecular formula is C13H13ClFN3. The number of benzene rings is 1. The Bertz CT molecular complexity index is 572. The summed E-state index contributed by atoms with van der Waals surface area (Å²) in [7, 11) is 0. The van der Waals surface area contributed by atoms with E-state index < -0.39 is 0 Å². The largest absolute Gasteiger partial charge is 0.340 e. The first-order valence-electron chi connectivity index (χ1n) is 5.64. The molecule has 2 aromatic rings. The van der Waals surface area contributed by atoms with Crippen molar-refractivity contribution in [2.45, 2.75) is 20.3 Å². The summed E-state index contributed by atoms with van der Waals surface area (Å²) >= 11 is 5.99. The molecule has 94 valence electrons. The molecule has 1 N–H and O–H groups in total. The molecule has 0 atom stereocenters. The van der Waals surface area contributed by atoms with Gasteiger partial charge in [0.05, 0.1) is 0 Å². The van der Waals surface area contributed by atoms with Crippen molar-refractivity contribution in [1.82, 2.24) is 9.97 Å². The second-order valence-electron chi connectivity index (χ2n) is 3.93. The first-order valence-corrected chi connectivity index (χ1v) is 6.02. The molecule has 3 nitrogen and oxygen atoms in total. The maximum absolute atomic E-state index is 13.4. The van der Waals surface area contributed by atoms with E-state index in [9.17, 15) is 4.39 Å². The van der Waals surface area contributed by atoms with Crippen LogP contribution < -0.4 is 5.32 Å². The summed E-state index contributed by atoms with van der Waals surface area (Å²) in [5, 5.41) is 3.48. The van der Waals surface area contributed by atoms with Gasteiger partial charge in [-0.05, 0) is 31.0 Å². The van der Waals surface area contributed by atoms with Gasteiger partial charge in [0.15, 0.2) is 0 Å². The highest BCUT2D eigenvalue weighted by atomic mass is 35.5. The fourth-order valence-electron chi connectivity index (χ4n) is 1.62. The zero-order valence-electron chi connectivity index (χ0n) is 10.2. The lowest BCUT2D eigenvalue weighted by molar-refractivity contribution is 0.619. The molecule has 2 rings (SSSR count). The summed E-state index contributed by atoms with van der Waals surface area (Å²) in [5.41, 5.74) is 2.07. The predicted octanol–water partition coefficient (Wildman–Crippen LogP) is 3.88. The first kappa shape index (κ1) is 12.8. The summed E-state index contributed by atoms with van der Waals surface area (Å²) in [5.74, 6) is 0.360. The van der Waals surface area contributed by atoms with Crippen molar-refractivity contribution in [3.8, 4) is 0 Å². The van der Waals surface area contributed by atoms with E-state index in [-0.39, 0.29) is 5.82 Å². The van der Waals surface area contributed by atoms with Crippen molar-refractivity contribution in [2.75, 3.05) is 5.32 Å². The average molecular weight is 266 g/mol. The normalized spacial score (nSPS) is 10.4. The molecular weight excluding hydrogens is 253 g/mol. The minimum Gasteiger partial charge on any atom is -0.340 e. The van der Waals surface area contributed by atoms with E-state index in [0.29, 0.717) is 28.6 Å². The van der Waals surface area contributed by atoms with Crippen LogP contribution in [-0.4, -0.2) is 9.97 Å². The third-order valence-corrected chi connectivity index (χ3v) is 3.01. The molecule has 0 aliphatic heterocycles. The number of halogens is 2. The molecule has 0 saturated heterocycles. The number of nitrogens with one attached hydrogen (secondary N) is 1. The predicted molar refractivity (Wildman–Crippen MR) is 70.8 cm³/mol. The Labute approximate surface area is 110 Å². The van der Waals surface area contributed by atoms with Crippen molar-refractivity contribution in [3.05, 3.63) is 46.6 Å². The van der Waals surface area contributed by atoms with E-state index in [4.69, 9.17) is 11.6 Å². The van der Waals surface area contributed by atoms with E-state index >= 15 is 0 Å². The molecule has 5 heteroatoms. The lowest BCUT2D eigenvalue weighted by Crippen LogP contribution is -2.01. The molecule has 0 saturated carbocycles. The summed E-state index contributed by atoms with van der Waals surface area (Å²) in [6.45, 7) is 3.68. The summed E-state index contributed by atoms with van der Waals surface area (Å²) < 4.78 is 13.4. The van der Waals surface area contributed by atoms with Gasteiger partial charge in [0, 0.05) is 11.3 Å². The van der Waals surface area contributed by atoms with Gasteiger partial charge in [-0.15, -0.1) is 0 Å². The van der Waals surface area contributed by atoms with E-state index in [1.54, 1.807) is 19.1 Å². The maximum atomic E-state index is 13.4. The Hall–Kier alpha value is -1.68. The second kappa shape index (κ2) is 5.31. The summed E-state index contributed by atoms with van der Waals surface area (Å²) in [6.07, 6.45) is 2.09. The van der Waals surface area contributed by atoms with E-state index in [1.807, 2.05) is 6.92 Å². The zero-order valence-corrected chi connectivity index (χ0v) is 10.9. The van der Waals surface area contributed by atoms with Gasteiger partial charge >= 0.3 is 0 Å². The quantitative estimate of drug-likeness (QED) is 0.856. The van der Waals surface area contributed by atoms with Crippen LogP contribution in [0.15, 0.2) is 24.5 Å². The maximum Gasteiger partial charge on any atom is 0.138 e. The number of anilines is 2. The number of rotatable bonds is 3. The molecule has 0 aliphatic rings. The molecule has 0 fully saturated rings. The van der Waals surface area contributed by atoms with Gasteiger partial charge in [-0.2, -0.15) is 0 Å². The van der Waals surface area contributed by atoms with Crippen molar-refractivity contribution in [1.29, 1.82) is 0 Å². The molecule has 0 spiro atoms. The summed E-state index contributed by atoms with van der Waals surface area (Å²) in [4.78, 5) is 8.05. The van der Waals surface area contributed by atoms with Gasteiger partial charge in [0.25, 0.3) is 0 Å². The second-order valence-corrected chi connectivity index (χ2v) is 4.29. The fourth-order valence-corrected chi connectivity index (χ4v) is 1.89. The third-order valence-electron chi connectivity index (χ3n) is 2.68. The number of aryl methyl sites for hydroxylation is 1. The van der Waals surface area contributed by atoms with Crippen LogP contribution in [-0.2, 0) is 6.42 Å². The van der Waals surface area contributed by atoms with Gasteiger partial charge < -0.3 is 5.32 Å². The highest BCUT2D eigenvalue weighted by molar-refractivity contribution is 6.30. The molecule has 0 unspecified atom stereocenters. The van der Waals surface area contributed by atoms with Crippen molar-refractivity contribution < 1.29 is 4.39 Å². The molecule has 0 aliphatic carbocycles. The average Bonchev–Trinajstić information content (AvgIpc) is 2.34. The van der Waals surface area contributed by atoms with Gasteiger partial charge in [0.1, 0.15) is 23.1 Å². The van der Waals surface area contributed by atoms with Crippen LogP contribution in [0.4, 0.5) is 15.9 Å². The minimum absolute atomic E-state index is 0.252. The Morgan fingerprint density at radius 3 is 2.78 bits per heavy atom. The molecule has 1 aromatic heterocycles. The smallest absolute Gasteiger partial charge is 0.138 e. The van der Waals surface area contributed by atoms with Gasteiger partial charge in [-0.25, -0.2) is 14.4 Å². The third kappa shape index (κ3) is 2.59. The SMILES string of the molecule is CCc1c(Cl)ncnc1Nc1ccc(C)c(F)c1. The van der Waals surface area contributed by atoms with Gasteiger partial charge in [-0.1, -0.05) is 24.6 Å². The van der Waals surface area contributed by atoms with Crippen LogP contribution in [0.25, 0.3) is 0 Å². The van der Waals surface area contributed by atoms with Crippen LogP contribution >= 0.6 is 11.6 Å². The van der Waals surface area contributed by atoms with Crippen LogP contribution in [0.2, 0.25) is 5.15 Å². The highest BCUT2D eigenvalue weighted by Gasteiger charge is 2.08. The summed E-state index contributed by atoms with van der Waals surface area (Å²) in [6, 6.07) is 4.95. The Morgan fingerprint density at radius 1 is 1.33 bits per heavy atom. The van der Waals surface area contributed by atoms with Crippen LogP contribution in [0.1, 0.15) is 18.1 Å². The van der Waals surface area contributed by atoms with Crippen molar-refractivity contribution >= 4 is 23.1 Å². The van der Waals surface area contributed by atoms with Crippen LogP contribution in [0.3, 0.4) is 0 Å². The highest BCUT2D eigenvalue weighted by Crippen LogP contribution is 2.24. The topological polar surface area (TPSA) is 37.8 Å². The number of nitrogens with zero attached hydrogens (tertiary/aromatic N) is 2. The van der Waals surface area contributed by atoms with E-state index in [2.05, 4.69) is 15.3 Å². The zero-order chi connectivity index (χ0) is 13.1. The fraction of sp³-hybridized carbons (Fsp3) is 0.231. The molecule has 1 aromatic carbocycles. The molecule has 0 amide bonds. The van der Waals surface area contributed by atoms with Crippen molar-refractivity contribution in [3.63, 3.8) is 0 Å². The Kier molecular flexibility index (Phi) is 3.77. The molecule has 0 radical (unpaired) electrons. The van der Waals surface area contributed by atoms with E-state index in [0.717, 1.165) is 5.56 Å². The lowest BCUT2D eigenvalue weighted by atomic mass is 10.2. The molecule has 0 bridgehead atoms. The Balaban J connectivity index is 2.34. The van der Waals surface area contributed by atoms with Crippen LogP contribution in [0, 0.1) is 12.7 Å². The molecule has 18 heavy (non-hydrogen) atoms. The minimum atomic E-state index is -0.252. The van der Waals surface area contributed by atoms with Crippen LogP contribution in [0.5, 0.6) is 0 Å². The van der Waals surface area contributed by atoms with Crippen molar-refractivity contribution in [2.24, 2.45) is 0 Å². The number of hydrogen-bond acceptors (Lipinski definition) is 3. The van der Waals surface area contributed by atoms with Gasteiger partial charge in [0.2, 0.25) is 0 Å². The monoisotopic (exact) mass is 265 g/mol. The van der Waals surface area contributed by atoms with E-state index in [1.165, 1.54) is 12.4 Å². The Morgan fingerprint density at radius 2 is 2.11 bits per heavy atom. The van der Waals surface area contributed by atoms with Gasteiger partial charge in [-0.3, -0.25) is 0 Å². The number of aromatic nitrogens is 2. The standard InChI is InChI=1S/C13H13ClFN3/c1-3-10-12(14)16-7-17-13(10)18-9-5-4-8(2)11(15)6-9/h4-7H,3H2,1-2H3,(H,16,17,18). The first-order chi connectivity index (χ1) is 8.61. The molecule has 1 heterocycles. The lowest BCUT2D eigenvalue weighted by Gasteiger charge is -2.10. The number of hydrogen-bond donors (Lipinski definition) is 1.